The first-order chi connectivity index (χ1) is 15.3. The average Bonchev–Trinajstić information content (AvgIpc) is 3.23. The van der Waals surface area contributed by atoms with Crippen LogP contribution in [0.4, 0.5) is 10.5 Å². The number of hydrogen-bond donors (Lipinski definition) is 1. The van der Waals surface area contributed by atoms with Gasteiger partial charge in [-0.05, 0) is 37.6 Å². The maximum Gasteiger partial charge on any atom is 0.511 e. The number of thiazole rings is 1. The van der Waals surface area contributed by atoms with Crippen LogP contribution < -0.4 is 4.74 Å². The van der Waals surface area contributed by atoms with Crippen LogP contribution in [0.25, 0.3) is 33.0 Å². The minimum atomic E-state index is -1.50. The largest absolute Gasteiger partial charge is 0.511 e. The van der Waals surface area contributed by atoms with E-state index in [2.05, 4.69) is 6.07 Å². The van der Waals surface area contributed by atoms with Crippen molar-refractivity contribution in [3.05, 3.63) is 87.3 Å². The first-order valence-corrected chi connectivity index (χ1v) is 10.5. The lowest BCUT2D eigenvalue weighted by molar-refractivity contribution is -0.384. The van der Waals surface area contributed by atoms with Gasteiger partial charge in [0.25, 0.3) is 5.69 Å². The second-order valence-corrected chi connectivity index (χ2v) is 8.07. The number of benzene rings is 3. The Labute approximate surface area is 187 Å². The molecule has 0 fully saturated rings. The van der Waals surface area contributed by atoms with E-state index in [1.165, 1.54) is 23.0 Å². The molecule has 0 aliphatic carbocycles. The van der Waals surface area contributed by atoms with Gasteiger partial charge in [-0.2, -0.15) is 0 Å². The van der Waals surface area contributed by atoms with Gasteiger partial charge in [-0.25, -0.2) is 9.78 Å². The molecule has 7 nitrogen and oxygen atoms in total. The highest BCUT2D eigenvalue weighted by Crippen LogP contribution is 2.40. The molecular weight excluding hydrogens is 428 g/mol. The molecule has 0 unspecified atom stereocenters. The van der Waals surface area contributed by atoms with Crippen molar-refractivity contribution in [1.29, 1.82) is 0 Å². The molecule has 0 bridgehead atoms. The fourth-order valence-corrected chi connectivity index (χ4v) is 4.37. The van der Waals surface area contributed by atoms with E-state index < -0.39 is 11.1 Å². The Hall–Kier alpha value is -4.04. The quantitative estimate of drug-likeness (QED) is 0.158. The number of nitrogens with zero attached hydrogens (tertiary/aromatic N) is 2. The highest BCUT2D eigenvalue weighted by molar-refractivity contribution is 7.13. The molecule has 160 valence electrons. The first kappa shape index (κ1) is 21.2. The third-order valence-electron chi connectivity index (χ3n) is 4.98. The predicted molar refractivity (Wildman–Crippen MR) is 123 cm³/mol. The lowest BCUT2D eigenvalue weighted by Crippen LogP contribution is -2.05. The monoisotopic (exact) mass is 446 g/mol. The van der Waals surface area contributed by atoms with Gasteiger partial charge in [-0.15, -0.1) is 11.3 Å². The number of hydrogen-bond acceptors (Lipinski definition) is 6. The van der Waals surface area contributed by atoms with E-state index in [4.69, 9.17) is 9.72 Å². The van der Waals surface area contributed by atoms with Crippen molar-refractivity contribution in [2.75, 3.05) is 0 Å². The number of para-hydroxylation sites is 1. The summed E-state index contributed by atoms with van der Waals surface area (Å²) in [5.41, 5.74) is 5.24. The molecule has 4 rings (SSSR count). The van der Waals surface area contributed by atoms with Crippen molar-refractivity contribution < 1.29 is 19.6 Å². The lowest BCUT2D eigenvalue weighted by Gasteiger charge is -2.10. The average molecular weight is 446 g/mol. The van der Waals surface area contributed by atoms with E-state index in [0.717, 1.165) is 16.8 Å². The Morgan fingerprint density at radius 3 is 2.50 bits per heavy atom. The van der Waals surface area contributed by atoms with Crippen LogP contribution in [0.3, 0.4) is 0 Å². The Bertz CT molecular complexity index is 1350. The predicted octanol–water partition coefficient (Wildman–Crippen LogP) is 6.73. The van der Waals surface area contributed by atoms with Gasteiger partial charge in [0, 0.05) is 28.1 Å². The van der Waals surface area contributed by atoms with Gasteiger partial charge in [-0.3, -0.25) is 10.1 Å². The Morgan fingerprint density at radius 1 is 1.03 bits per heavy atom. The molecule has 1 aromatic heterocycles. The molecule has 0 aliphatic heterocycles. The summed E-state index contributed by atoms with van der Waals surface area (Å²) < 4.78 is 4.99. The third-order valence-corrected chi connectivity index (χ3v) is 5.87. The van der Waals surface area contributed by atoms with Crippen LogP contribution in [0, 0.1) is 24.0 Å². The number of aromatic nitrogens is 1. The summed E-state index contributed by atoms with van der Waals surface area (Å²) in [5.74, 6) is 0.00701. The zero-order valence-corrected chi connectivity index (χ0v) is 18.1. The fourth-order valence-electron chi connectivity index (χ4n) is 3.55. The molecule has 1 N–H and O–H groups in total. The number of nitro groups is 1. The van der Waals surface area contributed by atoms with Crippen molar-refractivity contribution in [1.82, 2.24) is 4.98 Å². The zero-order valence-electron chi connectivity index (χ0n) is 17.2. The van der Waals surface area contributed by atoms with Gasteiger partial charge in [-0.1, -0.05) is 42.0 Å². The number of aryl methyl sites for hydroxylation is 2. The maximum absolute atomic E-state index is 11.4. The van der Waals surface area contributed by atoms with Crippen molar-refractivity contribution in [3.8, 4) is 38.7 Å². The van der Waals surface area contributed by atoms with Gasteiger partial charge in [0.2, 0.25) is 0 Å². The van der Waals surface area contributed by atoms with Crippen LogP contribution in [-0.4, -0.2) is 21.2 Å². The summed E-state index contributed by atoms with van der Waals surface area (Å²) in [6.07, 6.45) is -1.50. The second-order valence-electron chi connectivity index (χ2n) is 7.21. The molecule has 0 spiro atoms. The second kappa shape index (κ2) is 8.60. The van der Waals surface area contributed by atoms with E-state index >= 15 is 0 Å². The van der Waals surface area contributed by atoms with E-state index in [1.807, 2.05) is 31.4 Å². The smallest absolute Gasteiger partial charge is 0.449 e. The van der Waals surface area contributed by atoms with Gasteiger partial charge in [0.15, 0.2) is 0 Å². The normalized spacial score (nSPS) is 10.7. The Morgan fingerprint density at radius 2 is 1.78 bits per heavy atom. The van der Waals surface area contributed by atoms with Gasteiger partial charge >= 0.3 is 6.16 Å². The molecule has 0 atom stereocenters. The number of rotatable bonds is 5. The summed E-state index contributed by atoms with van der Waals surface area (Å²) in [4.78, 5) is 27.0. The van der Waals surface area contributed by atoms with Crippen LogP contribution in [0.2, 0.25) is 0 Å². The van der Waals surface area contributed by atoms with Crippen molar-refractivity contribution in [2.45, 2.75) is 13.8 Å². The van der Waals surface area contributed by atoms with Crippen LogP contribution in [0.5, 0.6) is 5.75 Å². The highest BCUT2D eigenvalue weighted by atomic mass is 32.1. The summed E-state index contributed by atoms with van der Waals surface area (Å²) in [5, 5.41) is 23.3. The van der Waals surface area contributed by atoms with Crippen molar-refractivity contribution >= 4 is 23.2 Å². The Balaban J connectivity index is 1.78. The van der Waals surface area contributed by atoms with Crippen molar-refractivity contribution in [3.63, 3.8) is 0 Å². The minimum absolute atomic E-state index is 0.00701. The topological polar surface area (TPSA) is 103 Å². The van der Waals surface area contributed by atoms with Crippen LogP contribution >= 0.6 is 11.3 Å². The first-order valence-electron chi connectivity index (χ1n) is 9.65. The number of carboxylic acid groups (broad SMARTS) is 1. The SMILES string of the molecule is Cc1ccc(-c2csc(-c3ccc(-c4ccccc4[N+](=O)[O-])c(OC(=O)O)c3)n2)c(C)c1. The van der Waals surface area contributed by atoms with Crippen LogP contribution in [0.15, 0.2) is 66.0 Å². The number of ether oxygens (including phenoxy) is 1. The molecular formula is C24H18N2O5S. The summed E-state index contributed by atoms with van der Waals surface area (Å²) in [6.45, 7) is 4.06. The van der Waals surface area contributed by atoms with Gasteiger partial charge in [0.1, 0.15) is 10.8 Å². The molecule has 0 radical (unpaired) electrons. The lowest BCUT2D eigenvalue weighted by atomic mass is 10.0. The van der Waals surface area contributed by atoms with Crippen molar-refractivity contribution in [2.24, 2.45) is 0 Å². The standard InChI is InChI=1S/C24H18N2O5S/c1-14-7-9-17(15(2)11-14)20-13-32-23(25-20)16-8-10-19(22(12-16)31-24(27)28)18-5-3-4-6-21(18)26(29)30/h3-13H,1-2H3,(H,27,28). The van der Waals surface area contributed by atoms with Gasteiger partial charge in [0.05, 0.1) is 16.2 Å². The summed E-state index contributed by atoms with van der Waals surface area (Å²) in [7, 11) is 0. The molecule has 0 aliphatic rings. The molecule has 0 amide bonds. The summed E-state index contributed by atoms with van der Waals surface area (Å²) in [6, 6.07) is 17.2. The number of carbonyl (C=O) groups is 1. The number of nitro benzene ring substituents is 1. The third kappa shape index (κ3) is 4.21. The van der Waals surface area contributed by atoms with Crippen LogP contribution in [0.1, 0.15) is 11.1 Å². The Kier molecular flexibility index (Phi) is 5.70. The fraction of sp³-hybridized carbons (Fsp3) is 0.0833. The molecule has 0 saturated heterocycles. The van der Waals surface area contributed by atoms with E-state index in [-0.39, 0.29) is 17.0 Å². The van der Waals surface area contributed by atoms with Crippen LogP contribution in [-0.2, 0) is 0 Å². The zero-order chi connectivity index (χ0) is 22.8. The molecule has 1 heterocycles. The van der Waals surface area contributed by atoms with E-state index in [9.17, 15) is 20.0 Å². The summed E-state index contributed by atoms with van der Waals surface area (Å²) >= 11 is 1.43. The minimum Gasteiger partial charge on any atom is -0.449 e. The molecule has 8 heteroatoms. The molecule has 0 saturated carbocycles. The van der Waals surface area contributed by atoms with Gasteiger partial charge < -0.3 is 9.84 Å². The highest BCUT2D eigenvalue weighted by Gasteiger charge is 2.20. The van der Waals surface area contributed by atoms with E-state index in [1.54, 1.807) is 36.4 Å². The maximum atomic E-state index is 11.4. The molecule has 3 aromatic carbocycles. The van der Waals surface area contributed by atoms with E-state index in [0.29, 0.717) is 16.1 Å². The molecule has 4 aromatic rings. The molecule has 32 heavy (non-hydrogen) atoms.